The van der Waals surface area contributed by atoms with Gasteiger partial charge in [-0.05, 0) is 19.3 Å². The maximum atomic E-state index is 11.5. The Labute approximate surface area is 192 Å². The molecule has 13 nitrogen and oxygen atoms in total. The minimum atomic E-state index is -1.91. The Balaban J connectivity index is 5.10. The quantitative estimate of drug-likeness (QED) is 0.124. The second-order valence-corrected chi connectivity index (χ2v) is 8.32. The van der Waals surface area contributed by atoms with Gasteiger partial charge in [-0.1, -0.05) is 45.4 Å². The molecule has 0 aromatic carbocycles. The van der Waals surface area contributed by atoms with Gasteiger partial charge in [-0.2, -0.15) is 0 Å². The molecule has 0 aliphatic heterocycles. The number of aliphatic hydroxyl groups excluding tert-OH is 3. The summed E-state index contributed by atoms with van der Waals surface area (Å²) in [7, 11) is 0. The Morgan fingerprint density at radius 2 is 1.09 bits per heavy atom. The van der Waals surface area contributed by atoms with Crippen LogP contribution < -0.4 is 0 Å². The fourth-order valence-electron chi connectivity index (χ4n) is 3.70. The molecule has 0 fully saturated rings. The minimum absolute atomic E-state index is 0.00461. The summed E-state index contributed by atoms with van der Waals surface area (Å²) in [5, 5.41) is 64.9. The Morgan fingerprint density at radius 1 is 0.667 bits per heavy atom. The topological polar surface area (TPSA) is 207 Å². The van der Waals surface area contributed by atoms with Crippen LogP contribution in [-0.4, -0.2) is 72.8 Å². The molecular formula is C20H36N3O10. The van der Waals surface area contributed by atoms with Crippen LogP contribution in [0.4, 0.5) is 0 Å². The second kappa shape index (κ2) is 17.3. The number of nitro groups is 3. The molecule has 0 spiro atoms. The standard InChI is InChI=1S/C20H36N3O10/c1-2-3-7-10-19(26)17(23(32)33)14-20(27)16(22(30)31)13-15(21(28)29)18(25)11-8-5-4-6-9-12-24/h15-20,25-27H,2-11,13-14H2,1H3. The zero-order valence-corrected chi connectivity index (χ0v) is 19.0. The summed E-state index contributed by atoms with van der Waals surface area (Å²) in [5.41, 5.74) is 0. The van der Waals surface area contributed by atoms with Crippen molar-refractivity contribution in [2.75, 3.05) is 0 Å². The van der Waals surface area contributed by atoms with Crippen LogP contribution >= 0.6 is 0 Å². The lowest BCUT2D eigenvalue weighted by Gasteiger charge is -2.23. The first-order valence-electron chi connectivity index (χ1n) is 11.4. The first-order chi connectivity index (χ1) is 15.6. The molecule has 0 aliphatic carbocycles. The summed E-state index contributed by atoms with van der Waals surface area (Å²) in [6, 6.07) is -5.30. The van der Waals surface area contributed by atoms with Gasteiger partial charge in [-0.25, -0.2) is 0 Å². The molecule has 0 aromatic heterocycles. The van der Waals surface area contributed by atoms with Crippen LogP contribution in [-0.2, 0) is 4.79 Å². The molecule has 0 rings (SSSR count). The summed E-state index contributed by atoms with van der Waals surface area (Å²) >= 11 is 0. The lowest BCUT2D eigenvalue weighted by atomic mass is 9.91. The van der Waals surface area contributed by atoms with Crippen molar-refractivity contribution in [2.24, 2.45) is 0 Å². The summed E-state index contributed by atoms with van der Waals surface area (Å²) in [5.74, 6) is 0. The van der Waals surface area contributed by atoms with Crippen molar-refractivity contribution in [3.05, 3.63) is 30.3 Å². The Hall–Kier alpha value is -2.25. The maximum absolute atomic E-state index is 11.5. The van der Waals surface area contributed by atoms with Gasteiger partial charge >= 0.3 is 0 Å². The predicted octanol–water partition coefficient (Wildman–Crippen LogP) is 1.82. The summed E-state index contributed by atoms with van der Waals surface area (Å²) in [6.45, 7) is 1.91. The van der Waals surface area contributed by atoms with Crippen molar-refractivity contribution >= 4 is 6.29 Å². The van der Waals surface area contributed by atoms with Crippen LogP contribution in [0.2, 0.25) is 0 Å². The number of nitrogens with zero attached hydrogens (tertiary/aromatic N) is 3. The van der Waals surface area contributed by atoms with Crippen LogP contribution in [0, 0.1) is 30.3 Å². The smallest absolute Gasteiger partial charge is 0.245 e. The van der Waals surface area contributed by atoms with Crippen molar-refractivity contribution in [3.63, 3.8) is 0 Å². The molecule has 6 atom stereocenters. The number of rotatable bonds is 21. The van der Waals surface area contributed by atoms with Gasteiger partial charge in [-0.15, -0.1) is 0 Å². The number of unbranched alkanes of at least 4 members (excludes halogenated alkanes) is 6. The third kappa shape index (κ3) is 12.5. The van der Waals surface area contributed by atoms with Crippen molar-refractivity contribution < 1.29 is 34.9 Å². The predicted molar refractivity (Wildman–Crippen MR) is 117 cm³/mol. The highest BCUT2D eigenvalue weighted by atomic mass is 16.6. The molecule has 33 heavy (non-hydrogen) atoms. The first-order valence-corrected chi connectivity index (χ1v) is 11.4. The summed E-state index contributed by atoms with van der Waals surface area (Å²) in [6.07, 6.45) is 0.114. The molecule has 191 valence electrons. The van der Waals surface area contributed by atoms with Crippen molar-refractivity contribution in [1.82, 2.24) is 0 Å². The molecule has 0 aliphatic rings. The summed E-state index contributed by atoms with van der Waals surface area (Å²) in [4.78, 5) is 41.8. The van der Waals surface area contributed by atoms with Crippen LogP contribution in [0.5, 0.6) is 0 Å². The lowest BCUT2D eigenvalue weighted by Crippen LogP contribution is -2.46. The van der Waals surface area contributed by atoms with Gasteiger partial charge in [0.05, 0.1) is 12.8 Å². The maximum Gasteiger partial charge on any atom is 0.245 e. The van der Waals surface area contributed by atoms with E-state index in [1.807, 2.05) is 6.92 Å². The molecule has 0 aromatic rings. The van der Waals surface area contributed by atoms with E-state index in [1.165, 1.54) is 0 Å². The molecule has 0 bridgehead atoms. The zero-order valence-electron chi connectivity index (χ0n) is 19.0. The van der Waals surface area contributed by atoms with E-state index < -0.39 is 64.0 Å². The van der Waals surface area contributed by atoms with E-state index in [9.17, 15) is 50.5 Å². The van der Waals surface area contributed by atoms with Gasteiger partial charge < -0.3 is 15.3 Å². The molecular weight excluding hydrogens is 442 g/mol. The van der Waals surface area contributed by atoms with Gasteiger partial charge in [0.1, 0.15) is 18.3 Å². The SMILES string of the molecule is CCCCCC(O)C(CC(O)C(CC(C(O)CCCCCC[C]=O)[N+](=O)[O-])[N+](=O)[O-])[N+](=O)[O-]. The molecule has 1 radical (unpaired) electrons. The van der Waals surface area contributed by atoms with Crippen LogP contribution in [0.15, 0.2) is 0 Å². The number of hydrogen-bond acceptors (Lipinski definition) is 10. The number of carbonyl (C=O) groups excluding carboxylic acids is 1. The normalized spacial score (nSPS) is 16.8. The van der Waals surface area contributed by atoms with Crippen molar-refractivity contribution in [3.8, 4) is 0 Å². The van der Waals surface area contributed by atoms with Gasteiger partial charge in [0, 0.05) is 21.2 Å². The van der Waals surface area contributed by atoms with Crippen molar-refractivity contribution in [2.45, 2.75) is 120 Å². The van der Waals surface area contributed by atoms with E-state index in [0.717, 1.165) is 12.8 Å². The van der Waals surface area contributed by atoms with E-state index in [0.29, 0.717) is 32.1 Å². The highest BCUT2D eigenvalue weighted by Crippen LogP contribution is 2.21. The van der Waals surface area contributed by atoms with Gasteiger partial charge in [0.2, 0.25) is 18.1 Å². The molecule has 13 heteroatoms. The number of aliphatic hydroxyl groups is 3. The molecule has 3 N–H and O–H groups in total. The van der Waals surface area contributed by atoms with Crippen LogP contribution in [0.3, 0.4) is 0 Å². The minimum Gasteiger partial charge on any atom is -0.386 e. The Morgan fingerprint density at radius 3 is 1.55 bits per heavy atom. The fraction of sp³-hybridized carbons (Fsp3) is 0.950. The van der Waals surface area contributed by atoms with E-state index in [1.54, 1.807) is 6.29 Å². The Bertz CT molecular complexity index is 607. The highest BCUT2D eigenvalue weighted by Gasteiger charge is 2.44. The fourth-order valence-corrected chi connectivity index (χ4v) is 3.70. The van der Waals surface area contributed by atoms with E-state index in [-0.39, 0.29) is 19.3 Å². The molecule has 0 heterocycles. The molecule has 0 amide bonds. The largest absolute Gasteiger partial charge is 0.386 e. The van der Waals surface area contributed by atoms with E-state index >= 15 is 0 Å². The van der Waals surface area contributed by atoms with Crippen LogP contribution in [0.1, 0.15) is 84.0 Å². The molecule has 0 saturated heterocycles. The molecule has 0 saturated carbocycles. The van der Waals surface area contributed by atoms with E-state index in [4.69, 9.17) is 0 Å². The third-order valence-corrected chi connectivity index (χ3v) is 5.74. The summed E-state index contributed by atoms with van der Waals surface area (Å²) < 4.78 is 0. The lowest BCUT2D eigenvalue weighted by molar-refractivity contribution is -0.578. The average molecular weight is 479 g/mol. The van der Waals surface area contributed by atoms with Crippen molar-refractivity contribution in [1.29, 1.82) is 0 Å². The monoisotopic (exact) mass is 478 g/mol. The van der Waals surface area contributed by atoms with Gasteiger partial charge in [0.25, 0.3) is 0 Å². The average Bonchev–Trinajstić information content (AvgIpc) is 2.73. The second-order valence-electron chi connectivity index (χ2n) is 8.32. The van der Waals surface area contributed by atoms with Gasteiger partial charge in [0.15, 0.2) is 6.29 Å². The number of hydrogen-bond donors (Lipinski definition) is 3. The van der Waals surface area contributed by atoms with Gasteiger partial charge in [-0.3, -0.25) is 35.1 Å². The Kier molecular flexibility index (Phi) is 16.1. The zero-order chi connectivity index (χ0) is 25.4. The van der Waals surface area contributed by atoms with E-state index in [2.05, 4.69) is 0 Å². The first kappa shape index (κ1) is 30.8. The molecule has 6 unspecified atom stereocenters. The third-order valence-electron chi connectivity index (χ3n) is 5.74. The highest BCUT2D eigenvalue weighted by molar-refractivity contribution is 5.50. The van der Waals surface area contributed by atoms with Crippen LogP contribution in [0.25, 0.3) is 0 Å².